The fourth-order valence-electron chi connectivity index (χ4n) is 1.91. The van der Waals surface area contributed by atoms with Crippen LogP contribution in [0.15, 0.2) is 18.5 Å². The Morgan fingerprint density at radius 2 is 2.29 bits per heavy atom. The van der Waals surface area contributed by atoms with Crippen molar-refractivity contribution in [1.29, 1.82) is 0 Å². The number of H-pyrrole nitrogens is 1. The fourth-order valence-corrected chi connectivity index (χ4v) is 1.91. The summed E-state index contributed by atoms with van der Waals surface area (Å²) in [5.41, 5.74) is 0.274. The first-order valence-corrected chi connectivity index (χ1v) is 5.98. The van der Waals surface area contributed by atoms with Gasteiger partial charge in [-0.1, -0.05) is 0 Å². The number of esters is 1. The Morgan fingerprint density at radius 3 is 2.90 bits per heavy atom. The number of rotatable bonds is 5. The summed E-state index contributed by atoms with van der Waals surface area (Å²) >= 11 is 0. The highest BCUT2D eigenvalue weighted by Crippen LogP contribution is 2.27. The molecule has 2 aromatic heterocycles. The third-order valence-corrected chi connectivity index (χ3v) is 3.04. The van der Waals surface area contributed by atoms with Crippen molar-refractivity contribution in [2.24, 2.45) is 0 Å². The van der Waals surface area contributed by atoms with Crippen LogP contribution in [0.2, 0.25) is 0 Å². The maximum atomic E-state index is 11.1. The van der Waals surface area contributed by atoms with E-state index in [1.807, 2.05) is 0 Å². The van der Waals surface area contributed by atoms with Gasteiger partial charge in [0.1, 0.15) is 11.8 Å². The summed E-state index contributed by atoms with van der Waals surface area (Å²) in [5.74, 6) is -0.678. The van der Waals surface area contributed by atoms with Gasteiger partial charge in [-0.25, -0.2) is 4.98 Å². The first-order valence-electron chi connectivity index (χ1n) is 5.98. The van der Waals surface area contributed by atoms with Crippen LogP contribution in [0, 0.1) is 10.1 Å². The van der Waals surface area contributed by atoms with E-state index in [2.05, 4.69) is 14.7 Å². The summed E-state index contributed by atoms with van der Waals surface area (Å²) in [6, 6.07) is 1.35. The van der Waals surface area contributed by atoms with Crippen LogP contribution in [0.25, 0.3) is 11.0 Å². The van der Waals surface area contributed by atoms with Crippen LogP contribution in [0.4, 0.5) is 5.69 Å². The van der Waals surface area contributed by atoms with E-state index in [1.54, 1.807) is 0 Å². The number of nitro groups is 1. The SMILES string of the molecule is COC(=O)CC(O)C(O)c1cnc2[nH]cc([N+](=O)[O-])c2c1. The minimum Gasteiger partial charge on any atom is -0.469 e. The number of fused-ring (bicyclic) bond motifs is 1. The summed E-state index contributed by atoms with van der Waals surface area (Å²) in [6.07, 6.45) is -0.734. The number of ether oxygens (including phenoxy) is 1. The quantitative estimate of drug-likeness (QED) is 0.413. The van der Waals surface area contributed by atoms with E-state index in [0.717, 1.165) is 7.11 Å². The van der Waals surface area contributed by atoms with Crippen LogP contribution >= 0.6 is 0 Å². The van der Waals surface area contributed by atoms with Gasteiger partial charge in [-0.3, -0.25) is 14.9 Å². The van der Waals surface area contributed by atoms with Crippen LogP contribution in [-0.4, -0.2) is 44.3 Å². The standard InChI is InChI=1S/C12H13N3O6/c1-21-10(17)3-9(16)11(18)6-2-7-8(15(19)20)5-14-12(7)13-4-6/h2,4-5,9,11,16,18H,3H2,1H3,(H,13,14). The predicted molar refractivity (Wildman–Crippen MR) is 70.3 cm³/mol. The Bertz CT molecular complexity index is 683. The molecule has 2 heterocycles. The highest BCUT2D eigenvalue weighted by atomic mass is 16.6. The molecule has 2 atom stereocenters. The summed E-state index contributed by atoms with van der Waals surface area (Å²) in [4.78, 5) is 27.9. The summed E-state index contributed by atoms with van der Waals surface area (Å²) in [5, 5.41) is 30.8. The molecule has 21 heavy (non-hydrogen) atoms. The van der Waals surface area contributed by atoms with E-state index in [9.17, 15) is 25.1 Å². The van der Waals surface area contributed by atoms with Crippen LogP contribution in [0.3, 0.4) is 0 Å². The van der Waals surface area contributed by atoms with Gasteiger partial charge in [0, 0.05) is 11.8 Å². The van der Waals surface area contributed by atoms with Crippen molar-refractivity contribution in [2.45, 2.75) is 18.6 Å². The molecule has 112 valence electrons. The van der Waals surface area contributed by atoms with Crippen LogP contribution < -0.4 is 0 Å². The molecular weight excluding hydrogens is 282 g/mol. The average Bonchev–Trinajstić information content (AvgIpc) is 2.89. The van der Waals surface area contributed by atoms with Gasteiger partial charge in [-0.05, 0) is 6.07 Å². The zero-order chi connectivity index (χ0) is 15.6. The molecule has 0 aromatic carbocycles. The molecule has 3 N–H and O–H groups in total. The van der Waals surface area contributed by atoms with E-state index in [0.29, 0.717) is 5.65 Å². The predicted octanol–water partition coefficient (Wildman–Crippen LogP) is 0.428. The second-order valence-corrected chi connectivity index (χ2v) is 4.39. The minimum atomic E-state index is -1.41. The number of nitrogens with one attached hydrogen (secondary N) is 1. The summed E-state index contributed by atoms with van der Waals surface area (Å²) < 4.78 is 4.40. The molecule has 0 saturated carbocycles. The Kier molecular flexibility index (Phi) is 4.15. The van der Waals surface area contributed by atoms with Gasteiger partial charge in [-0.15, -0.1) is 0 Å². The molecule has 0 aliphatic rings. The van der Waals surface area contributed by atoms with Crippen molar-refractivity contribution in [3.05, 3.63) is 34.1 Å². The fraction of sp³-hybridized carbons (Fsp3) is 0.333. The lowest BCUT2D eigenvalue weighted by molar-refractivity contribution is -0.383. The highest BCUT2D eigenvalue weighted by Gasteiger charge is 2.24. The number of aromatic amines is 1. The van der Waals surface area contributed by atoms with Gasteiger partial charge in [-0.2, -0.15) is 0 Å². The van der Waals surface area contributed by atoms with Crippen molar-refractivity contribution in [3.8, 4) is 0 Å². The molecule has 0 bridgehead atoms. The van der Waals surface area contributed by atoms with Crippen molar-refractivity contribution in [3.63, 3.8) is 0 Å². The van der Waals surface area contributed by atoms with E-state index < -0.39 is 29.5 Å². The van der Waals surface area contributed by atoms with Crippen molar-refractivity contribution in [1.82, 2.24) is 9.97 Å². The van der Waals surface area contributed by atoms with Crippen LogP contribution in [-0.2, 0) is 9.53 Å². The minimum absolute atomic E-state index is 0.168. The van der Waals surface area contributed by atoms with Crippen LogP contribution in [0.1, 0.15) is 18.1 Å². The molecule has 2 rings (SSSR count). The van der Waals surface area contributed by atoms with Gasteiger partial charge in [0.25, 0.3) is 5.69 Å². The largest absolute Gasteiger partial charge is 0.469 e. The molecule has 2 aromatic rings. The second-order valence-electron chi connectivity index (χ2n) is 4.39. The first-order chi connectivity index (χ1) is 9.93. The number of hydrogen-bond acceptors (Lipinski definition) is 7. The molecule has 0 fully saturated rings. The normalized spacial score (nSPS) is 13.9. The Balaban J connectivity index is 2.31. The Labute approximate surface area is 118 Å². The van der Waals surface area contributed by atoms with Gasteiger partial charge in [0.15, 0.2) is 0 Å². The average molecular weight is 295 g/mol. The lowest BCUT2D eigenvalue weighted by atomic mass is 10.0. The molecule has 0 amide bonds. The lowest BCUT2D eigenvalue weighted by Gasteiger charge is -2.16. The number of pyridine rings is 1. The third-order valence-electron chi connectivity index (χ3n) is 3.04. The molecule has 0 radical (unpaired) electrons. The number of hydrogen-bond donors (Lipinski definition) is 3. The molecule has 0 aliphatic carbocycles. The van der Waals surface area contributed by atoms with Gasteiger partial charge >= 0.3 is 5.97 Å². The maximum Gasteiger partial charge on any atom is 0.308 e. The number of aliphatic hydroxyl groups is 2. The molecule has 9 nitrogen and oxygen atoms in total. The van der Waals surface area contributed by atoms with E-state index in [1.165, 1.54) is 18.5 Å². The highest BCUT2D eigenvalue weighted by molar-refractivity contribution is 5.86. The molecular formula is C12H13N3O6. The molecule has 0 saturated heterocycles. The maximum absolute atomic E-state index is 11.1. The summed E-state index contributed by atoms with van der Waals surface area (Å²) in [6.45, 7) is 0. The van der Waals surface area contributed by atoms with Crippen molar-refractivity contribution < 1.29 is 24.7 Å². The topological polar surface area (TPSA) is 139 Å². The first kappa shape index (κ1) is 14.9. The lowest BCUT2D eigenvalue weighted by Crippen LogP contribution is -2.22. The number of nitrogens with zero attached hydrogens (tertiary/aromatic N) is 2. The van der Waals surface area contributed by atoms with Crippen molar-refractivity contribution in [2.75, 3.05) is 7.11 Å². The van der Waals surface area contributed by atoms with Gasteiger partial charge < -0.3 is 19.9 Å². The molecule has 0 aliphatic heterocycles. The third kappa shape index (κ3) is 2.98. The number of methoxy groups -OCH3 is 1. The van der Waals surface area contributed by atoms with Gasteiger partial charge in [0.05, 0.1) is 36.1 Å². The summed E-state index contributed by atoms with van der Waals surface area (Å²) in [7, 11) is 1.16. The Morgan fingerprint density at radius 1 is 1.57 bits per heavy atom. The van der Waals surface area contributed by atoms with E-state index >= 15 is 0 Å². The van der Waals surface area contributed by atoms with Crippen molar-refractivity contribution >= 4 is 22.7 Å². The van der Waals surface area contributed by atoms with E-state index in [-0.39, 0.29) is 16.6 Å². The molecule has 0 spiro atoms. The van der Waals surface area contributed by atoms with Crippen LogP contribution in [0.5, 0.6) is 0 Å². The zero-order valence-corrected chi connectivity index (χ0v) is 11.0. The molecule has 9 heteroatoms. The number of aliphatic hydroxyl groups excluding tert-OH is 2. The zero-order valence-electron chi connectivity index (χ0n) is 11.0. The smallest absolute Gasteiger partial charge is 0.308 e. The van der Waals surface area contributed by atoms with E-state index in [4.69, 9.17) is 0 Å². The number of carbonyl (C=O) groups excluding carboxylic acids is 1. The second kappa shape index (κ2) is 5.85. The number of carbonyl (C=O) groups is 1. The molecule has 2 unspecified atom stereocenters. The Hall–Kier alpha value is -2.52. The van der Waals surface area contributed by atoms with Gasteiger partial charge in [0.2, 0.25) is 0 Å². The number of aromatic nitrogens is 2. The monoisotopic (exact) mass is 295 g/mol.